The Labute approximate surface area is 241 Å². The molecular formula is C35H26N2O5. The molecule has 0 fully saturated rings. The third kappa shape index (κ3) is 3.74. The predicted molar refractivity (Wildman–Crippen MR) is 162 cm³/mol. The Morgan fingerprint density at radius 1 is 0.714 bits per heavy atom. The van der Waals surface area contributed by atoms with Gasteiger partial charge >= 0.3 is 5.97 Å². The number of amides is 3. The van der Waals surface area contributed by atoms with Crippen molar-refractivity contribution in [2.45, 2.75) is 25.4 Å². The van der Waals surface area contributed by atoms with Crippen LogP contribution in [0.3, 0.4) is 0 Å². The van der Waals surface area contributed by atoms with Gasteiger partial charge in [-0.2, -0.15) is 0 Å². The first kappa shape index (κ1) is 25.7. The zero-order valence-electron chi connectivity index (χ0n) is 23.0. The molecule has 7 nitrogen and oxygen atoms in total. The van der Waals surface area contributed by atoms with Crippen molar-refractivity contribution in [2.75, 3.05) is 7.11 Å². The van der Waals surface area contributed by atoms with E-state index in [9.17, 15) is 19.2 Å². The molecular weight excluding hydrogens is 528 g/mol. The SMILES string of the molecule is COC(=O)[C@H](C)NC(=O)[C@@H](Cc1ccccc1)N1C(=O)c2ccc3c4cccc5cccc(c6ccc(c2c36)C1=O)c54. The summed E-state index contributed by atoms with van der Waals surface area (Å²) in [4.78, 5) is 55.3. The molecule has 1 aliphatic rings. The van der Waals surface area contributed by atoms with E-state index in [0.717, 1.165) is 48.2 Å². The zero-order chi connectivity index (χ0) is 29.1. The van der Waals surface area contributed by atoms with Gasteiger partial charge < -0.3 is 10.1 Å². The molecule has 1 aliphatic heterocycles. The summed E-state index contributed by atoms with van der Waals surface area (Å²) in [6.45, 7) is 1.50. The molecule has 0 unspecified atom stereocenters. The lowest BCUT2D eigenvalue weighted by molar-refractivity contribution is -0.145. The summed E-state index contributed by atoms with van der Waals surface area (Å²) in [6, 6.07) is 26.8. The number of carbonyl (C=O) groups excluding carboxylic acids is 4. The maximum Gasteiger partial charge on any atom is 0.328 e. The molecule has 0 aliphatic carbocycles. The van der Waals surface area contributed by atoms with E-state index in [2.05, 4.69) is 29.6 Å². The summed E-state index contributed by atoms with van der Waals surface area (Å²) in [5.74, 6) is -2.34. The van der Waals surface area contributed by atoms with Crippen molar-refractivity contribution in [3.05, 3.63) is 108 Å². The van der Waals surface area contributed by atoms with Crippen LogP contribution < -0.4 is 5.32 Å². The number of imide groups is 1. The van der Waals surface area contributed by atoms with Crippen LogP contribution in [0.15, 0.2) is 91.0 Å². The van der Waals surface area contributed by atoms with Crippen LogP contribution in [0.2, 0.25) is 0 Å². The summed E-state index contributed by atoms with van der Waals surface area (Å²) >= 11 is 0. The van der Waals surface area contributed by atoms with Crippen LogP contribution >= 0.6 is 0 Å². The number of benzene rings is 6. The molecule has 7 heteroatoms. The average molecular weight is 555 g/mol. The number of hydrogen-bond acceptors (Lipinski definition) is 5. The van der Waals surface area contributed by atoms with Gasteiger partial charge in [-0.15, -0.1) is 0 Å². The molecule has 1 N–H and O–H groups in total. The monoisotopic (exact) mass is 554 g/mol. The first-order valence-corrected chi connectivity index (χ1v) is 13.8. The van der Waals surface area contributed by atoms with Crippen LogP contribution in [0.5, 0.6) is 0 Å². The second-order valence-corrected chi connectivity index (χ2v) is 10.7. The largest absolute Gasteiger partial charge is 0.467 e. The number of carbonyl (C=O) groups is 4. The van der Waals surface area contributed by atoms with Crippen molar-refractivity contribution in [1.29, 1.82) is 0 Å². The molecule has 206 valence electrons. The third-order valence-corrected chi connectivity index (χ3v) is 8.34. The van der Waals surface area contributed by atoms with Gasteiger partial charge in [0, 0.05) is 22.9 Å². The third-order valence-electron chi connectivity index (χ3n) is 8.34. The highest BCUT2D eigenvalue weighted by Gasteiger charge is 2.41. The first-order valence-electron chi connectivity index (χ1n) is 13.8. The number of ether oxygens (including phenoxy) is 1. The number of fused-ring (bicyclic) bond motifs is 2. The maximum atomic E-state index is 14.2. The van der Waals surface area contributed by atoms with Gasteiger partial charge in [0.15, 0.2) is 0 Å². The number of hydrogen-bond donors (Lipinski definition) is 1. The number of esters is 1. The number of nitrogens with zero attached hydrogens (tertiary/aromatic N) is 1. The highest BCUT2D eigenvalue weighted by atomic mass is 16.5. The highest BCUT2D eigenvalue weighted by Crippen LogP contribution is 2.44. The second kappa shape index (κ2) is 9.66. The normalized spacial score (nSPS) is 14.6. The molecule has 42 heavy (non-hydrogen) atoms. The molecule has 6 aromatic rings. The van der Waals surface area contributed by atoms with Crippen molar-refractivity contribution < 1.29 is 23.9 Å². The smallest absolute Gasteiger partial charge is 0.328 e. The Kier molecular flexibility index (Phi) is 5.90. The van der Waals surface area contributed by atoms with Crippen molar-refractivity contribution in [2.24, 2.45) is 0 Å². The summed E-state index contributed by atoms with van der Waals surface area (Å²) in [7, 11) is 1.23. The Bertz CT molecular complexity index is 1980. The van der Waals surface area contributed by atoms with Gasteiger partial charge in [0.05, 0.1) is 7.11 Å². The Morgan fingerprint density at radius 3 is 1.86 bits per heavy atom. The van der Waals surface area contributed by atoms with Gasteiger partial charge in [0.2, 0.25) is 5.91 Å². The lowest BCUT2D eigenvalue weighted by Crippen LogP contribution is -2.56. The molecule has 1 heterocycles. The molecule has 7 rings (SSSR count). The van der Waals surface area contributed by atoms with Gasteiger partial charge in [-0.1, -0.05) is 78.9 Å². The summed E-state index contributed by atoms with van der Waals surface area (Å²) in [5, 5.41) is 10.4. The van der Waals surface area contributed by atoms with Gasteiger partial charge in [0.25, 0.3) is 11.8 Å². The minimum atomic E-state index is -1.19. The molecule has 0 aromatic heterocycles. The standard InChI is InChI=1S/C35H26N2O5/c1-19(35(41)42-2)36-32(38)28(18-20-8-4-3-5-9-20)37-33(39)26-16-14-24-22-12-6-10-21-11-7-13-23(29(21)22)25-15-17-27(34(37)40)31(26)30(24)25/h3-17,19,28H,18H2,1-2H3,(H,36,38)/t19-,28+/m0/s1. The van der Waals surface area contributed by atoms with E-state index in [1.165, 1.54) is 14.0 Å². The van der Waals surface area contributed by atoms with E-state index in [-0.39, 0.29) is 6.42 Å². The van der Waals surface area contributed by atoms with E-state index >= 15 is 0 Å². The van der Waals surface area contributed by atoms with Crippen LogP contribution in [-0.4, -0.2) is 47.8 Å². The van der Waals surface area contributed by atoms with Crippen molar-refractivity contribution in [3.63, 3.8) is 0 Å². The number of rotatable bonds is 6. The molecule has 0 radical (unpaired) electrons. The summed E-state index contributed by atoms with van der Waals surface area (Å²) in [6.07, 6.45) is 0.0854. The van der Waals surface area contributed by atoms with E-state index in [0.29, 0.717) is 16.5 Å². The molecule has 0 spiro atoms. The quantitative estimate of drug-likeness (QED) is 0.125. The second-order valence-electron chi connectivity index (χ2n) is 10.7. The maximum absolute atomic E-state index is 14.2. The summed E-state index contributed by atoms with van der Waals surface area (Å²) in [5.41, 5.74) is 1.50. The van der Waals surface area contributed by atoms with Crippen LogP contribution in [0.1, 0.15) is 33.2 Å². The van der Waals surface area contributed by atoms with E-state index in [1.54, 1.807) is 12.1 Å². The van der Waals surface area contributed by atoms with Crippen LogP contribution in [-0.2, 0) is 20.7 Å². The highest BCUT2D eigenvalue weighted by molar-refractivity contribution is 6.38. The van der Waals surface area contributed by atoms with Crippen LogP contribution in [0, 0.1) is 0 Å². The first-order chi connectivity index (χ1) is 20.4. The zero-order valence-corrected chi connectivity index (χ0v) is 23.0. The lowest BCUT2D eigenvalue weighted by Gasteiger charge is -2.34. The minimum Gasteiger partial charge on any atom is -0.467 e. The fourth-order valence-electron chi connectivity index (χ4n) is 6.41. The molecule has 0 saturated heterocycles. The van der Waals surface area contributed by atoms with Crippen LogP contribution in [0.25, 0.3) is 43.1 Å². The fourth-order valence-corrected chi connectivity index (χ4v) is 6.41. The average Bonchev–Trinajstić information content (AvgIpc) is 3.02. The lowest BCUT2D eigenvalue weighted by atomic mass is 9.84. The molecule has 6 aromatic carbocycles. The Morgan fingerprint density at radius 2 is 1.29 bits per heavy atom. The van der Waals surface area contributed by atoms with Gasteiger partial charge in [-0.05, 0) is 62.3 Å². The molecule has 0 saturated carbocycles. The van der Waals surface area contributed by atoms with E-state index < -0.39 is 35.8 Å². The Hall–Kier alpha value is -5.30. The topological polar surface area (TPSA) is 92.8 Å². The van der Waals surface area contributed by atoms with E-state index in [1.807, 2.05) is 54.6 Å². The van der Waals surface area contributed by atoms with Gasteiger partial charge in [0.1, 0.15) is 12.1 Å². The number of nitrogens with one attached hydrogen (secondary N) is 1. The van der Waals surface area contributed by atoms with Gasteiger partial charge in [-0.3, -0.25) is 19.3 Å². The van der Waals surface area contributed by atoms with Crippen molar-refractivity contribution in [3.8, 4) is 0 Å². The van der Waals surface area contributed by atoms with Crippen molar-refractivity contribution in [1.82, 2.24) is 10.2 Å². The van der Waals surface area contributed by atoms with E-state index in [4.69, 9.17) is 4.74 Å². The molecule has 2 atom stereocenters. The van der Waals surface area contributed by atoms with Gasteiger partial charge in [-0.25, -0.2) is 4.79 Å². The van der Waals surface area contributed by atoms with Crippen molar-refractivity contribution >= 4 is 66.8 Å². The molecule has 0 bridgehead atoms. The predicted octanol–water partition coefficient (Wildman–Crippen LogP) is 5.62. The van der Waals surface area contributed by atoms with Crippen LogP contribution in [0.4, 0.5) is 0 Å². The molecule has 3 amide bonds. The number of methoxy groups -OCH3 is 1. The Balaban J connectivity index is 1.41. The fraction of sp³-hybridized carbons (Fsp3) is 0.143. The minimum absolute atomic E-state index is 0.0854. The summed E-state index contributed by atoms with van der Waals surface area (Å²) < 4.78 is 4.77.